The molecule has 3 N–H and O–H groups in total. The maximum absolute atomic E-state index is 12.0. The number of aliphatic hydroxyl groups excluding tert-OH is 1. The number of hydrogen-bond acceptors (Lipinski definition) is 4. The zero-order valence-electron chi connectivity index (χ0n) is 14.3. The predicted molar refractivity (Wildman–Crippen MR) is 104 cm³/mol. The summed E-state index contributed by atoms with van der Waals surface area (Å²) in [6.45, 7) is 0.397. The number of rotatable bonds is 6. The maximum atomic E-state index is 12.0. The summed E-state index contributed by atoms with van der Waals surface area (Å²) in [6, 6.07) is 20.1. The van der Waals surface area contributed by atoms with Crippen molar-refractivity contribution in [3.05, 3.63) is 82.0 Å². The summed E-state index contributed by atoms with van der Waals surface area (Å²) in [4.78, 5) is 13.8. The molecule has 3 aromatic rings. The highest BCUT2D eigenvalue weighted by atomic mass is 32.1. The predicted octanol–water partition coefficient (Wildman–Crippen LogP) is 4.16. The molecule has 0 bridgehead atoms. The fourth-order valence-electron chi connectivity index (χ4n) is 2.45. The number of ether oxygens (including phenoxy) is 1. The summed E-state index contributed by atoms with van der Waals surface area (Å²) in [6.07, 6.45) is -0.650. The van der Waals surface area contributed by atoms with Crippen molar-refractivity contribution in [1.82, 2.24) is 5.32 Å². The van der Waals surface area contributed by atoms with E-state index in [-0.39, 0.29) is 6.03 Å². The number of carbonyl (C=O) groups excluding carboxylic acids is 1. The summed E-state index contributed by atoms with van der Waals surface area (Å²) in [7, 11) is 1.60. The molecule has 0 saturated carbocycles. The lowest BCUT2D eigenvalue weighted by atomic mass is 10.1. The number of methoxy groups -OCH3 is 1. The van der Waals surface area contributed by atoms with Gasteiger partial charge < -0.3 is 20.5 Å². The van der Waals surface area contributed by atoms with Crippen LogP contribution in [-0.4, -0.2) is 18.2 Å². The van der Waals surface area contributed by atoms with Crippen molar-refractivity contribution in [2.24, 2.45) is 0 Å². The van der Waals surface area contributed by atoms with E-state index in [1.54, 1.807) is 31.4 Å². The minimum absolute atomic E-state index is 0.284. The van der Waals surface area contributed by atoms with Crippen molar-refractivity contribution in [2.45, 2.75) is 12.6 Å². The van der Waals surface area contributed by atoms with Gasteiger partial charge in [0, 0.05) is 15.4 Å². The molecule has 0 aliphatic rings. The molecule has 0 fully saturated rings. The average molecular weight is 368 g/mol. The van der Waals surface area contributed by atoms with Crippen LogP contribution in [0.1, 0.15) is 21.4 Å². The molecule has 0 saturated heterocycles. The Hall–Kier alpha value is -2.83. The molecule has 0 aliphatic carbocycles. The Kier molecular flexibility index (Phi) is 5.88. The second-order valence-corrected chi connectivity index (χ2v) is 6.85. The smallest absolute Gasteiger partial charge is 0.319 e. The number of anilines is 1. The topological polar surface area (TPSA) is 70.6 Å². The Labute approximate surface area is 156 Å². The Bertz CT molecular complexity index is 847. The Balaban J connectivity index is 1.53. The third-order valence-corrected chi connectivity index (χ3v) is 4.98. The summed E-state index contributed by atoms with van der Waals surface area (Å²) in [5, 5.41) is 16.0. The van der Waals surface area contributed by atoms with Gasteiger partial charge in [0.15, 0.2) is 0 Å². The molecule has 1 aromatic heterocycles. The fourth-order valence-corrected chi connectivity index (χ4v) is 3.42. The molecule has 2 amide bonds. The van der Waals surface area contributed by atoms with Crippen molar-refractivity contribution in [1.29, 1.82) is 0 Å². The number of urea groups is 1. The van der Waals surface area contributed by atoms with Crippen molar-refractivity contribution in [3.8, 4) is 5.75 Å². The molecule has 1 atom stereocenters. The molecule has 5 nitrogen and oxygen atoms in total. The van der Waals surface area contributed by atoms with Gasteiger partial charge in [0.2, 0.25) is 0 Å². The molecular weight excluding hydrogens is 348 g/mol. The first-order valence-corrected chi connectivity index (χ1v) is 8.98. The standard InChI is InChI=1S/C20H20N2O3S/c1-25-16-9-7-15(8-10-16)22-20(24)21-13-17-11-12-18(26-17)19(23)14-5-3-2-4-6-14/h2-12,19,23H,13H2,1H3,(H2,21,22,24). The first kappa shape index (κ1) is 18.0. The Morgan fingerprint density at radius 3 is 2.50 bits per heavy atom. The maximum Gasteiger partial charge on any atom is 0.319 e. The van der Waals surface area contributed by atoms with Gasteiger partial charge in [0.05, 0.1) is 13.7 Å². The number of hydrogen-bond donors (Lipinski definition) is 3. The Morgan fingerprint density at radius 1 is 1.08 bits per heavy atom. The molecule has 0 radical (unpaired) electrons. The molecule has 1 heterocycles. The first-order valence-electron chi connectivity index (χ1n) is 8.16. The highest BCUT2D eigenvalue weighted by molar-refractivity contribution is 7.12. The Morgan fingerprint density at radius 2 is 1.81 bits per heavy atom. The molecule has 26 heavy (non-hydrogen) atoms. The summed E-state index contributed by atoms with van der Waals surface area (Å²) >= 11 is 1.48. The zero-order chi connectivity index (χ0) is 18.4. The third kappa shape index (κ3) is 4.62. The largest absolute Gasteiger partial charge is 0.497 e. The van der Waals surface area contributed by atoms with E-state index >= 15 is 0 Å². The zero-order valence-corrected chi connectivity index (χ0v) is 15.1. The van der Waals surface area contributed by atoms with Gasteiger partial charge in [-0.05, 0) is 42.0 Å². The van der Waals surface area contributed by atoms with Crippen LogP contribution in [0.2, 0.25) is 0 Å². The number of thiophene rings is 1. The van der Waals surface area contributed by atoms with Crippen LogP contribution in [0, 0.1) is 0 Å². The van der Waals surface area contributed by atoms with E-state index in [2.05, 4.69) is 10.6 Å². The molecular formula is C20H20N2O3S. The minimum atomic E-state index is -0.650. The van der Waals surface area contributed by atoms with Crippen LogP contribution in [0.3, 0.4) is 0 Å². The lowest BCUT2D eigenvalue weighted by molar-refractivity contribution is 0.224. The first-order chi connectivity index (χ1) is 12.7. The van der Waals surface area contributed by atoms with E-state index in [1.165, 1.54) is 11.3 Å². The van der Waals surface area contributed by atoms with Gasteiger partial charge in [-0.15, -0.1) is 11.3 Å². The average Bonchev–Trinajstić information content (AvgIpc) is 3.16. The van der Waals surface area contributed by atoms with Crippen molar-refractivity contribution in [3.63, 3.8) is 0 Å². The minimum Gasteiger partial charge on any atom is -0.497 e. The molecule has 134 valence electrons. The van der Waals surface area contributed by atoms with Crippen LogP contribution < -0.4 is 15.4 Å². The number of aliphatic hydroxyl groups is 1. The van der Waals surface area contributed by atoms with Crippen molar-refractivity contribution in [2.75, 3.05) is 12.4 Å². The van der Waals surface area contributed by atoms with Crippen LogP contribution in [0.15, 0.2) is 66.7 Å². The van der Waals surface area contributed by atoms with Crippen LogP contribution >= 0.6 is 11.3 Å². The SMILES string of the molecule is COc1ccc(NC(=O)NCc2ccc(C(O)c3ccccc3)s2)cc1. The summed E-state index contributed by atoms with van der Waals surface area (Å²) in [5.41, 5.74) is 1.54. The highest BCUT2D eigenvalue weighted by Gasteiger charge is 2.13. The van der Waals surface area contributed by atoms with Gasteiger partial charge in [0.1, 0.15) is 11.9 Å². The van der Waals surface area contributed by atoms with Gasteiger partial charge in [-0.3, -0.25) is 0 Å². The molecule has 6 heteroatoms. The quantitative estimate of drug-likeness (QED) is 0.612. The monoisotopic (exact) mass is 368 g/mol. The number of amides is 2. The lowest BCUT2D eigenvalue weighted by Gasteiger charge is -2.09. The van der Waals surface area contributed by atoms with E-state index in [1.807, 2.05) is 42.5 Å². The molecule has 3 rings (SSSR count). The van der Waals surface area contributed by atoms with Crippen molar-refractivity contribution >= 4 is 23.1 Å². The number of carbonyl (C=O) groups is 1. The van der Waals surface area contributed by atoms with Crippen LogP contribution in [-0.2, 0) is 6.54 Å². The van der Waals surface area contributed by atoms with Crippen LogP contribution in [0.25, 0.3) is 0 Å². The molecule has 1 unspecified atom stereocenters. The number of benzene rings is 2. The van der Waals surface area contributed by atoms with E-state index < -0.39 is 6.10 Å². The van der Waals surface area contributed by atoms with Gasteiger partial charge in [-0.1, -0.05) is 30.3 Å². The molecule has 0 spiro atoms. The molecule has 2 aromatic carbocycles. The van der Waals surface area contributed by atoms with Crippen LogP contribution in [0.4, 0.5) is 10.5 Å². The van der Waals surface area contributed by atoms with Gasteiger partial charge in [0.25, 0.3) is 0 Å². The van der Waals surface area contributed by atoms with Gasteiger partial charge in [-0.25, -0.2) is 4.79 Å². The second-order valence-electron chi connectivity index (χ2n) is 5.65. The van der Waals surface area contributed by atoms with Crippen molar-refractivity contribution < 1.29 is 14.6 Å². The van der Waals surface area contributed by atoms with Gasteiger partial charge >= 0.3 is 6.03 Å². The third-order valence-electron chi connectivity index (χ3n) is 3.84. The number of nitrogens with one attached hydrogen (secondary N) is 2. The lowest BCUT2D eigenvalue weighted by Crippen LogP contribution is -2.27. The molecule has 0 aliphatic heterocycles. The highest BCUT2D eigenvalue weighted by Crippen LogP contribution is 2.28. The van der Waals surface area contributed by atoms with E-state index in [4.69, 9.17) is 4.74 Å². The van der Waals surface area contributed by atoms with E-state index in [9.17, 15) is 9.90 Å². The summed E-state index contributed by atoms with van der Waals surface area (Å²) < 4.78 is 5.09. The summed E-state index contributed by atoms with van der Waals surface area (Å²) in [5.74, 6) is 0.735. The second kappa shape index (κ2) is 8.51. The van der Waals surface area contributed by atoms with Gasteiger partial charge in [-0.2, -0.15) is 0 Å². The van der Waals surface area contributed by atoms with E-state index in [0.717, 1.165) is 21.1 Å². The van der Waals surface area contributed by atoms with E-state index in [0.29, 0.717) is 12.2 Å². The normalized spacial score (nSPS) is 11.6. The van der Waals surface area contributed by atoms with Crippen LogP contribution in [0.5, 0.6) is 5.75 Å². The fraction of sp³-hybridized carbons (Fsp3) is 0.150.